The Kier molecular flexibility index (Phi) is 8.05. The molecule has 3 aromatic carbocycles. The molecule has 1 N–H and O–H groups in total. The van der Waals surface area contributed by atoms with Crippen LogP contribution in [0.3, 0.4) is 0 Å². The molecule has 1 amide bonds. The zero-order valence-electron chi connectivity index (χ0n) is 21.9. The summed E-state index contributed by atoms with van der Waals surface area (Å²) in [4.78, 5) is 44.1. The zero-order chi connectivity index (χ0) is 27.3. The van der Waals surface area contributed by atoms with Crippen molar-refractivity contribution in [2.45, 2.75) is 58.2 Å². The number of hydrogen-bond donors (Lipinski definition) is 1. The van der Waals surface area contributed by atoms with E-state index in [1.54, 1.807) is 41.3 Å². The van der Waals surface area contributed by atoms with Gasteiger partial charge >= 0.3 is 5.97 Å². The van der Waals surface area contributed by atoms with Gasteiger partial charge in [-0.05, 0) is 55.7 Å². The lowest BCUT2D eigenvalue weighted by atomic mass is 10.0. The third-order valence-corrected chi connectivity index (χ3v) is 6.52. The van der Waals surface area contributed by atoms with Crippen LogP contribution in [0.5, 0.6) is 5.75 Å². The summed E-state index contributed by atoms with van der Waals surface area (Å²) in [6.45, 7) is 5.44. The lowest BCUT2D eigenvalue weighted by molar-refractivity contribution is -0.152. The number of ether oxygens (including phenoxy) is 1. The molecule has 7 nitrogen and oxygen atoms in total. The highest BCUT2D eigenvalue weighted by molar-refractivity contribution is 6.09. The summed E-state index contributed by atoms with van der Waals surface area (Å²) in [7, 11) is 0. The van der Waals surface area contributed by atoms with E-state index in [9.17, 15) is 19.5 Å². The zero-order valence-corrected chi connectivity index (χ0v) is 21.9. The van der Waals surface area contributed by atoms with Crippen molar-refractivity contribution in [3.05, 3.63) is 101 Å². The van der Waals surface area contributed by atoms with E-state index in [0.717, 1.165) is 36.2 Å². The minimum Gasteiger partial charge on any atom is -0.478 e. The molecule has 3 aromatic rings. The summed E-state index contributed by atoms with van der Waals surface area (Å²) >= 11 is 0. The molecule has 0 radical (unpaired) electrons. The molecule has 1 heterocycles. The molecular weight excluding hydrogens is 480 g/mol. The van der Waals surface area contributed by atoms with E-state index in [4.69, 9.17) is 9.73 Å². The number of amidine groups is 1. The van der Waals surface area contributed by atoms with Gasteiger partial charge in [-0.1, -0.05) is 67.9 Å². The monoisotopic (exact) mass is 512 g/mol. The number of carbonyl (C=O) groups is 3. The van der Waals surface area contributed by atoms with Crippen LogP contribution in [0.25, 0.3) is 0 Å². The van der Waals surface area contributed by atoms with Gasteiger partial charge in [0, 0.05) is 17.5 Å². The van der Waals surface area contributed by atoms with Crippen LogP contribution >= 0.6 is 0 Å². The summed E-state index contributed by atoms with van der Waals surface area (Å²) in [5, 5.41) is 9.23. The second-order valence-corrected chi connectivity index (χ2v) is 9.85. The van der Waals surface area contributed by atoms with Crippen molar-refractivity contribution in [3.8, 4) is 5.75 Å². The van der Waals surface area contributed by atoms with Crippen LogP contribution in [0.15, 0.2) is 83.9 Å². The predicted octanol–water partition coefficient (Wildman–Crippen LogP) is 5.83. The average Bonchev–Trinajstić information content (AvgIpc) is 3.23. The van der Waals surface area contributed by atoms with Gasteiger partial charge in [0.25, 0.3) is 5.91 Å². The second-order valence-electron chi connectivity index (χ2n) is 9.85. The summed E-state index contributed by atoms with van der Waals surface area (Å²) < 4.78 is 5.51. The minimum absolute atomic E-state index is 0.0316. The molecule has 1 atom stereocenters. The Labute approximate surface area is 222 Å². The highest BCUT2D eigenvalue weighted by Crippen LogP contribution is 2.29. The lowest BCUT2D eigenvalue weighted by Gasteiger charge is -2.21. The SMILES string of the molecule is CCCCC1=NC(c2ccccc2)C(=O)N1Cc1ccc(C(=O)c2ccc(OC(C)(C)C(=O)O)cc2)cc1. The highest BCUT2D eigenvalue weighted by atomic mass is 16.5. The summed E-state index contributed by atoms with van der Waals surface area (Å²) in [6, 6.07) is 22.8. The Hall–Kier alpha value is -4.26. The second kappa shape index (κ2) is 11.4. The van der Waals surface area contributed by atoms with Crippen LogP contribution in [0.1, 0.15) is 73.1 Å². The Balaban J connectivity index is 1.45. The van der Waals surface area contributed by atoms with Crippen molar-refractivity contribution < 1.29 is 24.2 Å². The molecule has 0 fully saturated rings. The van der Waals surface area contributed by atoms with E-state index in [1.165, 1.54) is 13.8 Å². The first kappa shape index (κ1) is 26.8. The van der Waals surface area contributed by atoms with E-state index in [-0.39, 0.29) is 11.7 Å². The first-order valence-electron chi connectivity index (χ1n) is 12.8. The summed E-state index contributed by atoms with van der Waals surface area (Å²) in [5.41, 5.74) is 1.40. The molecule has 0 spiro atoms. The number of carbonyl (C=O) groups excluding carboxylic acids is 2. The fourth-order valence-electron chi connectivity index (χ4n) is 4.23. The number of benzene rings is 3. The molecule has 1 aliphatic heterocycles. The molecule has 0 saturated heterocycles. The lowest BCUT2D eigenvalue weighted by Crippen LogP contribution is -2.37. The Bertz CT molecular complexity index is 1330. The molecule has 196 valence electrons. The van der Waals surface area contributed by atoms with Gasteiger partial charge in [0.15, 0.2) is 17.4 Å². The van der Waals surface area contributed by atoms with Crippen molar-refractivity contribution in [2.24, 2.45) is 4.99 Å². The molecule has 0 bridgehead atoms. The van der Waals surface area contributed by atoms with E-state index in [1.807, 2.05) is 42.5 Å². The van der Waals surface area contributed by atoms with Gasteiger partial charge < -0.3 is 9.84 Å². The van der Waals surface area contributed by atoms with Crippen molar-refractivity contribution in [3.63, 3.8) is 0 Å². The van der Waals surface area contributed by atoms with Crippen LogP contribution in [0.2, 0.25) is 0 Å². The number of rotatable bonds is 11. The number of amides is 1. The molecule has 7 heteroatoms. The van der Waals surface area contributed by atoms with E-state index < -0.39 is 17.6 Å². The minimum atomic E-state index is -1.37. The van der Waals surface area contributed by atoms with Gasteiger partial charge in [-0.25, -0.2) is 4.79 Å². The van der Waals surface area contributed by atoms with E-state index in [2.05, 4.69) is 6.92 Å². The van der Waals surface area contributed by atoms with Crippen LogP contribution in [0, 0.1) is 0 Å². The van der Waals surface area contributed by atoms with Gasteiger partial charge in [-0.3, -0.25) is 19.5 Å². The van der Waals surface area contributed by atoms with Gasteiger partial charge in [-0.2, -0.15) is 0 Å². The van der Waals surface area contributed by atoms with Crippen molar-refractivity contribution in [1.29, 1.82) is 0 Å². The molecule has 0 aromatic heterocycles. The van der Waals surface area contributed by atoms with Crippen LogP contribution in [-0.2, 0) is 16.1 Å². The third kappa shape index (κ3) is 5.99. The highest BCUT2D eigenvalue weighted by Gasteiger charge is 2.35. The number of hydrogen-bond acceptors (Lipinski definition) is 5. The maximum absolute atomic E-state index is 13.3. The standard InChI is InChI=1S/C31H32N2O5/c1-4-5-11-26-32-27(22-9-7-6-8-10-22)29(35)33(26)20-21-12-14-23(15-13-21)28(34)24-16-18-25(19-17-24)38-31(2,3)30(36)37/h6-10,12-19,27H,4-5,11,20H2,1-3H3,(H,36,37). The Morgan fingerprint density at radius 1 is 0.947 bits per heavy atom. The number of ketones is 1. The van der Waals surface area contributed by atoms with Crippen LogP contribution in [0.4, 0.5) is 0 Å². The number of unbranched alkanes of at least 4 members (excludes halogenated alkanes) is 1. The Morgan fingerprint density at radius 3 is 2.13 bits per heavy atom. The molecule has 1 aliphatic rings. The van der Waals surface area contributed by atoms with Crippen LogP contribution < -0.4 is 4.74 Å². The number of carboxylic acids is 1. The quantitative estimate of drug-likeness (QED) is 0.326. The van der Waals surface area contributed by atoms with E-state index in [0.29, 0.717) is 23.4 Å². The maximum atomic E-state index is 13.3. The first-order chi connectivity index (χ1) is 18.2. The third-order valence-electron chi connectivity index (χ3n) is 6.52. The van der Waals surface area contributed by atoms with Gasteiger partial charge in [0.1, 0.15) is 11.6 Å². The molecule has 38 heavy (non-hydrogen) atoms. The van der Waals surface area contributed by atoms with Gasteiger partial charge in [-0.15, -0.1) is 0 Å². The summed E-state index contributed by atoms with van der Waals surface area (Å²) in [6.07, 6.45) is 2.71. The normalized spacial score (nSPS) is 15.3. The van der Waals surface area contributed by atoms with Crippen molar-refractivity contribution in [1.82, 2.24) is 4.90 Å². The van der Waals surface area contributed by atoms with Crippen LogP contribution in [-0.4, -0.2) is 39.1 Å². The number of aliphatic carboxylic acids is 1. The molecule has 0 aliphatic carbocycles. The molecular formula is C31H32N2O5. The summed E-state index contributed by atoms with van der Waals surface area (Å²) in [5.74, 6) is -0.0936. The topological polar surface area (TPSA) is 96.3 Å². The van der Waals surface area contributed by atoms with Crippen molar-refractivity contribution in [2.75, 3.05) is 0 Å². The fraction of sp³-hybridized carbons (Fsp3) is 0.290. The molecule has 0 saturated carbocycles. The predicted molar refractivity (Wildman–Crippen MR) is 145 cm³/mol. The van der Waals surface area contributed by atoms with Gasteiger partial charge in [0.2, 0.25) is 0 Å². The first-order valence-corrected chi connectivity index (χ1v) is 12.8. The molecule has 1 unspecified atom stereocenters. The van der Waals surface area contributed by atoms with E-state index >= 15 is 0 Å². The average molecular weight is 513 g/mol. The largest absolute Gasteiger partial charge is 0.478 e. The Morgan fingerprint density at radius 2 is 1.55 bits per heavy atom. The van der Waals surface area contributed by atoms with Gasteiger partial charge in [0.05, 0.1) is 6.54 Å². The fourth-order valence-corrected chi connectivity index (χ4v) is 4.23. The molecule has 4 rings (SSSR count). The number of carboxylic acid groups (broad SMARTS) is 1. The van der Waals surface area contributed by atoms with Crippen molar-refractivity contribution >= 4 is 23.5 Å². The maximum Gasteiger partial charge on any atom is 0.347 e. The smallest absolute Gasteiger partial charge is 0.347 e. The number of aliphatic imine (C=N–C) groups is 1. The number of nitrogens with zero attached hydrogens (tertiary/aromatic N) is 2.